The minimum atomic E-state index is -0.691. The van der Waals surface area contributed by atoms with Crippen LogP contribution in [0.3, 0.4) is 0 Å². The molecule has 0 bridgehead atoms. The lowest BCUT2D eigenvalue weighted by Gasteiger charge is -2.19. The van der Waals surface area contributed by atoms with E-state index in [-0.39, 0.29) is 0 Å². The minimum Gasteiger partial charge on any atom is -0.493 e. The van der Waals surface area contributed by atoms with Crippen LogP contribution in [0.5, 0.6) is 5.75 Å². The molecule has 0 saturated carbocycles. The van der Waals surface area contributed by atoms with Crippen LogP contribution in [0.4, 0.5) is 0 Å². The maximum atomic E-state index is 9.87. The molecular formula is C25H34O2. The molecule has 0 amide bonds. The highest BCUT2D eigenvalue weighted by Gasteiger charge is 2.25. The Bertz CT molecular complexity index is 775. The fourth-order valence-corrected chi connectivity index (χ4v) is 4.47. The summed E-state index contributed by atoms with van der Waals surface area (Å²) >= 11 is 0. The molecule has 2 nitrogen and oxygen atoms in total. The Labute approximate surface area is 164 Å². The van der Waals surface area contributed by atoms with E-state index in [9.17, 15) is 5.11 Å². The number of ether oxygens (including phenoxy) is 1. The fraction of sp³-hybridized carbons (Fsp3) is 0.520. The first-order chi connectivity index (χ1) is 12.8. The molecular weight excluding hydrogens is 332 g/mol. The van der Waals surface area contributed by atoms with E-state index in [0.29, 0.717) is 13.0 Å². The second kappa shape index (κ2) is 8.06. The highest BCUT2D eigenvalue weighted by Crippen LogP contribution is 2.43. The highest BCUT2D eigenvalue weighted by molar-refractivity contribution is 5.76. The third-order valence-electron chi connectivity index (χ3n) is 5.79. The average molecular weight is 367 g/mol. The quantitative estimate of drug-likeness (QED) is 0.619. The second-order valence-corrected chi connectivity index (χ2v) is 8.74. The summed E-state index contributed by atoms with van der Waals surface area (Å²) in [5.41, 5.74) is 7.73. The smallest absolute Gasteiger partial charge is 0.119 e. The van der Waals surface area contributed by atoms with Gasteiger partial charge < -0.3 is 9.84 Å². The van der Waals surface area contributed by atoms with E-state index in [1.54, 1.807) is 11.1 Å². The van der Waals surface area contributed by atoms with Crippen LogP contribution in [0.25, 0.3) is 11.1 Å². The lowest BCUT2D eigenvalue weighted by Crippen LogP contribution is -2.21. The van der Waals surface area contributed by atoms with E-state index in [1.807, 2.05) is 13.8 Å². The predicted molar refractivity (Wildman–Crippen MR) is 114 cm³/mol. The molecule has 0 saturated heterocycles. The van der Waals surface area contributed by atoms with Crippen molar-refractivity contribution in [3.05, 3.63) is 52.6 Å². The third kappa shape index (κ3) is 4.55. The first-order valence-corrected chi connectivity index (χ1v) is 10.4. The van der Waals surface area contributed by atoms with E-state index in [1.165, 1.54) is 47.9 Å². The van der Waals surface area contributed by atoms with Crippen molar-refractivity contribution in [2.45, 2.75) is 78.2 Å². The number of aryl methyl sites for hydroxylation is 2. The Morgan fingerprint density at radius 1 is 1.15 bits per heavy atom. The Morgan fingerprint density at radius 2 is 1.85 bits per heavy atom. The van der Waals surface area contributed by atoms with Gasteiger partial charge in [-0.2, -0.15) is 0 Å². The number of aliphatic hydroxyl groups is 1. The van der Waals surface area contributed by atoms with Gasteiger partial charge in [-0.25, -0.2) is 0 Å². The van der Waals surface area contributed by atoms with Gasteiger partial charge in [0.25, 0.3) is 0 Å². The molecule has 0 radical (unpaired) electrons. The largest absolute Gasteiger partial charge is 0.493 e. The zero-order chi connectivity index (χ0) is 19.6. The fourth-order valence-electron chi connectivity index (χ4n) is 4.47. The molecule has 2 aromatic rings. The molecule has 0 heterocycles. The molecule has 27 heavy (non-hydrogen) atoms. The molecule has 2 heteroatoms. The van der Waals surface area contributed by atoms with Gasteiger partial charge in [-0.3, -0.25) is 0 Å². The first-order valence-electron chi connectivity index (χ1n) is 10.4. The number of hydrogen-bond acceptors (Lipinski definition) is 2. The standard InChI is InChI=1S/C25H34O2/c1-6-8-19-11-12-22-21(19)9-7-10-23(22)24-17(2)15-20(16-18(24)3)27-14-13-25(4,5)26/h7,9-10,15-16,19,26H,6,8,11-14H2,1-5H3. The van der Waals surface area contributed by atoms with Crippen LogP contribution < -0.4 is 4.74 Å². The van der Waals surface area contributed by atoms with Crippen molar-refractivity contribution < 1.29 is 9.84 Å². The van der Waals surface area contributed by atoms with Gasteiger partial charge in [0, 0.05) is 6.42 Å². The van der Waals surface area contributed by atoms with Crippen LogP contribution in [0.2, 0.25) is 0 Å². The Hall–Kier alpha value is -1.80. The van der Waals surface area contributed by atoms with Crippen LogP contribution in [0.15, 0.2) is 30.3 Å². The average Bonchev–Trinajstić information content (AvgIpc) is 2.97. The van der Waals surface area contributed by atoms with Crippen LogP contribution in [-0.2, 0) is 6.42 Å². The third-order valence-corrected chi connectivity index (χ3v) is 5.79. The van der Waals surface area contributed by atoms with Crippen LogP contribution in [-0.4, -0.2) is 17.3 Å². The lowest BCUT2D eigenvalue weighted by molar-refractivity contribution is 0.0553. The summed E-state index contributed by atoms with van der Waals surface area (Å²) in [4.78, 5) is 0. The molecule has 0 fully saturated rings. The van der Waals surface area contributed by atoms with Crippen molar-refractivity contribution in [1.82, 2.24) is 0 Å². The summed E-state index contributed by atoms with van der Waals surface area (Å²) in [6.07, 6.45) is 5.65. The lowest BCUT2D eigenvalue weighted by atomic mass is 9.89. The van der Waals surface area contributed by atoms with Crippen LogP contribution in [0.1, 0.15) is 74.6 Å². The van der Waals surface area contributed by atoms with Gasteiger partial charge in [-0.05, 0) is 98.4 Å². The summed E-state index contributed by atoms with van der Waals surface area (Å²) < 4.78 is 5.92. The van der Waals surface area contributed by atoms with Crippen molar-refractivity contribution in [2.75, 3.05) is 6.61 Å². The molecule has 0 spiro atoms. The summed E-state index contributed by atoms with van der Waals surface area (Å²) in [6, 6.07) is 11.1. The Balaban J connectivity index is 1.88. The molecule has 2 aromatic carbocycles. The number of fused-ring (bicyclic) bond motifs is 1. The van der Waals surface area contributed by atoms with Gasteiger partial charge in [0.1, 0.15) is 5.75 Å². The maximum Gasteiger partial charge on any atom is 0.119 e. The highest BCUT2D eigenvalue weighted by atomic mass is 16.5. The molecule has 0 aromatic heterocycles. The molecule has 146 valence electrons. The molecule has 1 aliphatic carbocycles. The Kier molecular flexibility index (Phi) is 5.95. The Morgan fingerprint density at radius 3 is 2.48 bits per heavy atom. The summed E-state index contributed by atoms with van der Waals surface area (Å²) in [6.45, 7) is 10.8. The molecule has 1 atom stereocenters. The van der Waals surface area contributed by atoms with Crippen LogP contribution in [0, 0.1) is 13.8 Å². The molecule has 1 N–H and O–H groups in total. The summed E-state index contributed by atoms with van der Waals surface area (Å²) in [5.74, 6) is 1.63. The van der Waals surface area contributed by atoms with Crippen molar-refractivity contribution in [2.24, 2.45) is 0 Å². The van der Waals surface area contributed by atoms with Crippen molar-refractivity contribution in [3.8, 4) is 16.9 Å². The number of benzene rings is 2. The summed E-state index contributed by atoms with van der Waals surface area (Å²) in [7, 11) is 0. The topological polar surface area (TPSA) is 29.5 Å². The van der Waals surface area contributed by atoms with Crippen molar-refractivity contribution >= 4 is 0 Å². The van der Waals surface area contributed by atoms with E-state index >= 15 is 0 Å². The summed E-state index contributed by atoms with van der Waals surface area (Å²) in [5, 5.41) is 9.87. The van der Waals surface area contributed by atoms with Gasteiger partial charge in [-0.15, -0.1) is 0 Å². The van der Waals surface area contributed by atoms with Crippen molar-refractivity contribution in [3.63, 3.8) is 0 Å². The van der Waals surface area contributed by atoms with Gasteiger partial charge in [0.2, 0.25) is 0 Å². The SMILES string of the molecule is CCCC1CCc2c(-c3c(C)cc(OCCC(C)(C)O)cc3C)cccc21. The monoisotopic (exact) mass is 366 g/mol. The molecule has 1 aliphatic rings. The first kappa shape index (κ1) is 19.9. The number of hydrogen-bond donors (Lipinski definition) is 1. The van der Waals surface area contributed by atoms with E-state index in [2.05, 4.69) is 51.1 Å². The number of rotatable bonds is 7. The van der Waals surface area contributed by atoms with Gasteiger partial charge in [-0.1, -0.05) is 31.5 Å². The van der Waals surface area contributed by atoms with Gasteiger partial charge in [0.05, 0.1) is 12.2 Å². The molecule has 3 rings (SSSR count). The van der Waals surface area contributed by atoms with Crippen molar-refractivity contribution in [1.29, 1.82) is 0 Å². The van der Waals surface area contributed by atoms with E-state index in [4.69, 9.17) is 4.74 Å². The zero-order valence-corrected chi connectivity index (χ0v) is 17.6. The second-order valence-electron chi connectivity index (χ2n) is 8.74. The zero-order valence-electron chi connectivity index (χ0n) is 17.6. The normalized spacial score (nSPS) is 16.4. The van der Waals surface area contributed by atoms with Gasteiger partial charge >= 0.3 is 0 Å². The molecule has 0 aliphatic heterocycles. The van der Waals surface area contributed by atoms with E-state index in [0.717, 1.165) is 11.7 Å². The van der Waals surface area contributed by atoms with Crippen LogP contribution >= 0.6 is 0 Å². The predicted octanol–water partition coefficient (Wildman–Crippen LogP) is 6.34. The maximum absolute atomic E-state index is 9.87. The van der Waals surface area contributed by atoms with Gasteiger partial charge in [0.15, 0.2) is 0 Å². The molecule has 1 unspecified atom stereocenters. The van der Waals surface area contributed by atoms with E-state index < -0.39 is 5.60 Å². The minimum absolute atomic E-state index is 0.529.